The van der Waals surface area contributed by atoms with E-state index in [-0.39, 0.29) is 11.3 Å². The SMILES string of the molecule is Cc1ncccc1C(=O)NCC1(CCCl)CC1. The molecule has 4 heteroatoms. The number of alkyl halides is 1. The smallest absolute Gasteiger partial charge is 0.253 e. The molecule has 0 bridgehead atoms. The zero-order valence-electron chi connectivity index (χ0n) is 10.0. The summed E-state index contributed by atoms with van der Waals surface area (Å²) in [6.07, 6.45) is 5.03. The molecule has 1 aliphatic carbocycles. The van der Waals surface area contributed by atoms with Gasteiger partial charge in [0.2, 0.25) is 0 Å². The van der Waals surface area contributed by atoms with Crippen LogP contribution in [0.1, 0.15) is 35.3 Å². The number of carbonyl (C=O) groups excluding carboxylic acids is 1. The maximum Gasteiger partial charge on any atom is 0.253 e. The van der Waals surface area contributed by atoms with Crippen molar-refractivity contribution >= 4 is 17.5 Å². The molecule has 92 valence electrons. The Morgan fingerprint density at radius 1 is 1.59 bits per heavy atom. The van der Waals surface area contributed by atoms with Gasteiger partial charge in [-0.15, -0.1) is 11.6 Å². The molecule has 1 aromatic heterocycles. The third-order valence-corrected chi connectivity index (χ3v) is 3.65. The predicted octanol–water partition coefficient (Wildman–Crippen LogP) is 2.53. The van der Waals surface area contributed by atoms with E-state index in [1.54, 1.807) is 18.3 Å². The summed E-state index contributed by atoms with van der Waals surface area (Å²) in [5, 5.41) is 2.99. The van der Waals surface area contributed by atoms with Gasteiger partial charge < -0.3 is 5.32 Å². The molecule has 0 spiro atoms. The zero-order valence-corrected chi connectivity index (χ0v) is 10.8. The first-order valence-corrected chi connectivity index (χ1v) is 6.46. The lowest BCUT2D eigenvalue weighted by atomic mass is 10.0. The van der Waals surface area contributed by atoms with Gasteiger partial charge in [0.25, 0.3) is 5.91 Å². The van der Waals surface area contributed by atoms with Crippen molar-refractivity contribution in [1.82, 2.24) is 10.3 Å². The number of aromatic nitrogens is 1. The number of carbonyl (C=O) groups is 1. The summed E-state index contributed by atoms with van der Waals surface area (Å²) in [4.78, 5) is 16.1. The summed E-state index contributed by atoms with van der Waals surface area (Å²) in [6, 6.07) is 3.59. The summed E-state index contributed by atoms with van der Waals surface area (Å²) in [6.45, 7) is 2.58. The maximum absolute atomic E-state index is 12.0. The van der Waals surface area contributed by atoms with Gasteiger partial charge in [-0.1, -0.05) is 0 Å². The van der Waals surface area contributed by atoms with Gasteiger partial charge in [-0.05, 0) is 43.7 Å². The van der Waals surface area contributed by atoms with Crippen LogP contribution < -0.4 is 5.32 Å². The quantitative estimate of drug-likeness (QED) is 0.819. The van der Waals surface area contributed by atoms with E-state index in [0.717, 1.165) is 18.7 Å². The van der Waals surface area contributed by atoms with Gasteiger partial charge in [-0.3, -0.25) is 9.78 Å². The van der Waals surface area contributed by atoms with Crippen molar-refractivity contribution in [3.8, 4) is 0 Å². The van der Waals surface area contributed by atoms with E-state index in [1.165, 1.54) is 12.8 Å². The van der Waals surface area contributed by atoms with Crippen LogP contribution in [0.5, 0.6) is 0 Å². The standard InChI is InChI=1S/C13H17ClN2O/c1-10-11(3-2-8-15-10)12(17)16-9-13(4-5-13)6-7-14/h2-3,8H,4-7,9H2,1H3,(H,16,17). The predicted molar refractivity (Wildman–Crippen MR) is 68.3 cm³/mol. The second-order valence-electron chi connectivity index (χ2n) is 4.76. The maximum atomic E-state index is 12.0. The molecule has 1 saturated carbocycles. The van der Waals surface area contributed by atoms with Crippen LogP contribution in [0.4, 0.5) is 0 Å². The van der Waals surface area contributed by atoms with Gasteiger partial charge >= 0.3 is 0 Å². The molecule has 1 N–H and O–H groups in total. The molecule has 0 saturated heterocycles. The van der Waals surface area contributed by atoms with Crippen molar-refractivity contribution in [1.29, 1.82) is 0 Å². The molecule has 17 heavy (non-hydrogen) atoms. The lowest BCUT2D eigenvalue weighted by Gasteiger charge is -2.14. The summed E-state index contributed by atoms with van der Waals surface area (Å²) >= 11 is 5.76. The Morgan fingerprint density at radius 2 is 2.35 bits per heavy atom. The number of hydrogen-bond donors (Lipinski definition) is 1. The molecule has 0 radical (unpaired) electrons. The van der Waals surface area contributed by atoms with Crippen LogP contribution >= 0.6 is 11.6 Å². The number of aryl methyl sites for hydroxylation is 1. The van der Waals surface area contributed by atoms with Crippen LogP contribution in [0.15, 0.2) is 18.3 Å². The summed E-state index contributed by atoms with van der Waals surface area (Å²) in [5.41, 5.74) is 1.70. The number of nitrogens with one attached hydrogen (secondary N) is 1. The highest BCUT2D eigenvalue weighted by atomic mass is 35.5. The number of halogens is 1. The molecule has 0 aromatic carbocycles. The lowest BCUT2D eigenvalue weighted by molar-refractivity contribution is 0.0943. The number of amides is 1. The number of hydrogen-bond acceptors (Lipinski definition) is 2. The molecule has 0 atom stereocenters. The van der Waals surface area contributed by atoms with Gasteiger partial charge in [0.05, 0.1) is 5.56 Å². The van der Waals surface area contributed by atoms with E-state index >= 15 is 0 Å². The Labute approximate surface area is 107 Å². The normalized spacial score (nSPS) is 16.6. The van der Waals surface area contributed by atoms with Crippen molar-refractivity contribution in [2.45, 2.75) is 26.2 Å². The largest absolute Gasteiger partial charge is 0.351 e. The van der Waals surface area contributed by atoms with E-state index in [9.17, 15) is 4.79 Å². The van der Waals surface area contributed by atoms with Crippen molar-refractivity contribution in [2.24, 2.45) is 5.41 Å². The van der Waals surface area contributed by atoms with Crippen molar-refractivity contribution in [3.63, 3.8) is 0 Å². The summed E-state index contributed by atoms with van der Waals surface area (Å²) in [5.74, 6) is 0.637. The first-order valence-electron chi connectivity index (χ1n) is 5.93. The van der Waals surface area contributed by atoms with Crippen LogP contribution in [0.2, 0.25) is 0 Å². The van der Waals surface area contributed by atoms with Crippen LogP contribution in [-0.2, 0) is 0 Å². The lowest BCUT2D eigenvalue weighted by Crippen LogP contribution is -2.31. The Balaban J connectivity index is 1.92. The zero-order chi connectivity index (χ0) is 12.3. The van der Waals surface area contributed by atoms with E-state index in [2.05, 4.69) is 10.3 Å². The molecule has 0 unspecified atom stereocenters. The number of nitrogens with zero attached hydrogens (tertiary/aromatic N) is 1. The highest BCUT2D eigenvalue weighted by molar-refractivity contribution is 6.17. The number of rotatable bonds is 5. The number of pyridine rings is 1. The molecular formula is C13H17ClN2O. The fraction of sp³-hybridized carbons (Fsp3) is 0.538. The van der Waals surface area contributed by atoms with Crippen LogP contribution in [0.3, 0.4) is 0 Å². The monoisotopic (exact) mass is 252 g/mol. The molecule has 1 fully saturated rings. The second-order valence-corrected chi connectivity index (χ2v) is 5.14. The molecule has 1 amide bonds. The minimum absolute atomic E-state index is 0.0311. The fourth-order valence-electron chi connectivity index (χ4n) is 1.98. The molecule has 1 heterocycles. The van der Waals surface area contributed by atoms with Crippen molar-refractivity contribution in [3.05, 3.63) is 29.6 Å². The van der Waals surface area contributed by atoms with E-state index in [4.69, 9.17) is 11.6 Å². The van der Waals surface area contributed by atoms with E-state index in [1.807, 2.05) is 6.92 Å². The average molecular weight is 253 g/mol. The van der Waals surface area contributed by atoms with Crippen molar-refractivity contribution < 1.29 is 4.79 Å². The highest BCUT2D eigenvalue weighted by Crippen LogP contribution is 2.48. The van der Waals surface area contributed by atoms with Gasteiger partial charge in [-0.25, -0.2) is 0 Å². The minimum atomic E-state index is -0.0311. The van der Waals surface area contributed by atoms with Gasteiger partial charge in [0.1, 0.15) is 0 Å². The Bertz CT molecular complexity index is 416. The third kappa shape index (κ3) is 2.97. The Morgan fingerprint density at radius 3 is 2.94 bits per heavy atom. The first kappa shape index (κ1) is 12.4. The van der Waals surface area contributed by atoms with Crippen LogP contribution in [-0.4, -0.2) is 23.3 Å². The molecule has 2 rings (SSSR count). The van der Waals surface area contributed by atoms with E-state index < -0.39 is 0 Å². The van der Waals surface area contributed by atoms with Crippen LogP contribution in [0, 0.1) is 12.3 Å². The Kier molecular flexibility index (Phi) is 3.67. The van der Waals surface area contributed by atoms with Gasteiger partial charge in [-0.2, -0.15) is 0 Å². The summed E-state index contributed by atoms with van der Waals surface area (Å²) in [7, 11) is 0. The molecule has 3 nitrogen and oxygen atoms in total. The molecular weight excluding hydrogens is 236 g/mol. The van der Waals surface area contributed by atoms with Crippen LogP contribution in [0.25, 0.3) is 0 Å². The fourth-order valence-corrected chi connectivity index (χ4v) is 2.38. The molecule has 1 aliphatic rings. The average Bonchev–Trinajstić information content (AvgIpc) is 3.08. The van der Waals surface area contributed by atoms with E-state index in [0.29, 0.717) is 11.4 Å². The molecule has 1 aromatic rings. The van der Waals surface area contributed by atoms with Gasteiger partial charge in [0, 0.05) is 24.3 Å². The second kappa shape index (κ2) is 5.05. The topological polar surface area (TPSA) is 42.0 Å². The Hall–Kier alpha value is -1.09. The highest BCUT2D eigenvalue weighted by Gasteiger charge is 2.41. The van der Waals surface area contributed by atoms with Gasteiger partial charge in [0.15, 0.2) is 0 Å². The first-order chi connectivity index (χ1) is 8.17. The van der Waals surface area contributed by atoms with Crippen molar-refractivity contribution in [2.75, 3.05) is 12.4 Å². The molecule has 0 aliphatic heterocycles. The third-order valence-electron chi connectivity index (χ3n) is 3.46. The minimum Gasteiger partial charge on any atom is -0.351 e. The summed E-state index contributed by atoms with van der Waals surface area (Å²) < 4.78 is 0.